The van der Waals surface area contributed by atoms with Crippen LogP contribution in [0.3, 0.4) is 0 Å². The number of likely N-dealkylation sites (tertiary alicyclic amines) is 1. The Morgan fingerprint density at radius 1 is 0.939 bits per heavy atom. The van der Waals surface area contributed by atoms with Gasteiger partial charge in [-0.1, -0.05) is 48.0 Å². The van der Waals surface area contributed by atoms with Gasteiger partial charge in [-0.2, -0.15) is 8.42 Å². The molecule has 1 saturated heterocycles. The minimum atomic E-state index is -4.24. The summed E-state index contributed by atoms with van der Waals surface area (Å²) in [5.74, 6) is 0.776. The van der Waals surface area contributed by atoms with E-state index in [0.717, 1.165) is 46.3 Å². The van der Waals surface area contributed by atoms with Crippen molar-refractivity contribution in [2.45, 2.75) is 24.6 Å². The van der Waals surface area contributed by atoms with Gasteiger partial charge in [-0.3, -0.25) is 9.30 Å². The summed E-state index contributed by atoms with van der Waals surface area (Å²) in [6.07, 6.45) is 5.29. The lowest BCUT2D eigenvalue weighted by Crippen LogP contribution is -2.36. The van der Waals surface area contributed by atoms with E-state index in [1.54, 1.807) is 29.8 Å². The molecule has 1 aliphatic rings. The molecular formula is C34H30ClN5O6S3. The van der Waals surface area contributed by atoms with E-state index >= 15 is 0 Å². The molecule has 4 aromatic heterocycles. The number of thiazole rings is 1. The lowest BCUT2D eigenvalue weighted by atomic mass is 10.0. The number of benzene rings is 3. The second-order valence-electron chi connectivity index (χ2n) is 11.9. The third-order valence-corrected chi connectivity index (χ3v) is 12.7. The molecule has 1 fully saturated rings. The molecule has 0 unspecified atom stereocenters. The maximum absolute atomic E-state index is 14.2. The average Bonchev–Trinajstić information content (AvgIpc) is 3.83. The second kappa shape index (κ2) is 11.9. The van der Waals surface area contributed by atoms with E-state index in [1.807, 2.05) is 48.5 Å². The summed E-state index contributed by atoms with van der Waals surface area (Å²) in [5, 5.41) is 2.61. The zero-order valence-corrected chi connectivity index (χ0v) is 29.6. The van der Waals surface area contributed by atoms with E-state index in [4.69, 9.17) is 21.1 Å². The molecule has 1 aliphatic heterocycles. The number of rotatable bonds is 10. The molecule has 8 rings (SSSR count). The topological polar surface area (TPSA) is 117 Å². The number of methoxy groups -OCH3 is 1. The lowest BCUT2D eigenvalue weighted by molar-refractivity contribution is 0.173. The number of aromatic nitrogens is 4. The molecule has 0 bridgehead atoms. The molecule has 11 nitrogen and oxygen atoms in total. The van der Waals surface area contributed by atoms with Crippen LogP contribution in [0, 0.1) is 0 Å². The van der Waals surface area contributed by atoms with Gasteiger partial charge >= 0.3 is 0 Å². The minimum absolute atomic E-state index is 0.141. The largest absolute Gasteiger partial charge is 0.496 e. The fourth-order valence-corrected chi connectivity index (χ4v) is 10.3. The van der Waals surface area contributed by atoms with Crippen LogP contribution in [-0.2, 0) is 33.2 Å². The van der Waals surface area contributed by atoms with Gasteiger partial charge in [0.05, 0.1) is 30.1 Å². The highest BCUT2D eigenvalue weighted by Gasteiger charge is 2.31. The van der Waals surface area contributed by atoms with Gasteiger partial charge in [0.1, 0.15) is 23.6 Å². The Morgan fingerprint density at radius 2 is 1.71 bits per heavy atom. The molecule has 15 heteroatoms. The SMILES string of the molecule is COc1ccc2c(ccn2S(=O)(=O)c2c(Cl)nc3sccn23)c1-c1cc2c(CN3CCC3)ccc(OCc3ccccc3)c2n1S(C)(=O)=O. The number of halogens is 1. The number of hydrogen-bond donors (Lipinski definition) is 0. The van der Waals surface area contributed by atoms with Crippen molar-refractivity contribution in [1.82, 2.24) is 22.2 Å². The first-order valence-corrected chi connectivity index (χ1v) is 19.9. The van der Waals surface area contributed by atoms with Gasteiger partial charge in [-0.05, 0) is 61.0 Å². The normalized spacial score (nSPS) is 14.2. The fraction of sp³-hybridized carbons (Fsp3) is 0.206. The van der Waals surface area contributed by atoms with Gasteiger partial charge in [0.15, 0.2) is 10.1 Å². The van der Waals surface area contributed by atoms with Gasteiger partial charge in [-0.25, -0.2) is 21.3 Å². The van der Waals surface area contributed by atoms with E-state index < -0.39 is 20.0 Å². The van der Waals surface area contributed by atoms with E-state index in [9.17, 15) is 16.8 Å². The molecule has 49 heavy (non-hydrogen) atoms. The molecule has 252 valence electrons. The molecule has 0 N–H and O–H groups in total. The predicted octanol–water partition coefficient (Wildman–Crippen LogP) is 6.46. The van der Waals surface area contributed by atoms with Crippen LogP contribution in [0.25, 0.3) is 38.0 Å². The summed E-state index contributed by atoms with van der Waals surface area (Å²) >= 11 is 7.64. The molecule has 0 amide bonds. The van der Waals surface area contributed by atoms with Crippen LogP contribution in [0.4, 0.5) is 0 Å². The van der Waals surface area contributed by atoms with Gasteiger partial charge in [0, 0.05) is 35.1 Å². The van der Waals surface area contributed by atoms with Crippen molar-refractivity contribution in [2.75, 3.05) is 26.5 Å². The molecular weight excluding hydrogens is 706 g/mol. The van der Waals surface area contributed by atoms with Crippen LogP contribution in [0.15, 0.2) is 89.5 Å². The summed E-state index contributed by atoms with van der Waals surface area (Å²) < 4.78 is 72.0. The number of fused-ring (bicyclic) bond motifs is 3. The highest BCUT2D eigenvalue weighted by atomic mass is 35.5. The standard InChI is InChI=1S/C34H30ClN5O6S3/c1-45-28-12-10-26-24(13-16-39(26)49(43,44)33-32(35)36-34-38(33)17-18-47-34)30(28)27-19-25-23(20-37-14-6-15-37)9-11-29(31(25)40(27)48(2,41)42)46-21-22-7-4-3-5-8-22/h3-5,7-13,16-19H,6,14-15,20-21H2,1-2H3. The maximum atomic E-state index is 14.2. The van der Waals surface area contributed by atoms with E-state index in [1.165, 1.54) is 33.0 Å². The summed E-state index contributed by atoms with van der Waals surface area (Å²) in [7, 11) is -6.72. The molecule has 7 aromatic rings. The number of imidazole rings is 1. The minimum Gasteiger partial charge on any atom is -0.496 e. The average molecular weight is 736 g/mol. The third kappa shape index (κ3) is 5.29. The Bertz CT molecular complexity index is 2620. The first-order valence-electron chi connectivity index (χ1n) is 15.4. The first kappa shape index (κ1) is 31.9. The molecule has 0 saturated carbocycles. The van der Waals surface area contributed by atoms with Crippen LogP contribution in [-0.4, -0.2) is 65.5 Å². The first-order chi connectivity index (χ1) is 23.6. The van der Waals surface area contributed by atoms with Crippen LogP contribution in [0.1, 0.15) is 17.5 Å². The van der Waals surface area contributed by atoms with Crippen LogP contribution >= 0.6 is 22.9 Å². The van der Waals surface area contributed by atoms with Crippen molar-refractivity contribution < 1.29 is 26.3 Å². The monoisotopic (exact) mass is 735 g/mol. The Kier molecular flexibility index (Phi) is 7.76. The molecule has 0 atom stereocenters. The predicted molar refractivity (Wildman–Crippen MR) is 191 cm³/mol. The van der Waals surface area contributed by atoms with Crippen molar-refractivity contribution in [3.8, 4) is 22.8 Å². The summed E-state index contributed by atoms with van der Waals surface area (Å²) in [4.78, 5) is 6.96. The molecule has 0 radical (unpaired) electrons. The smallest absolute Gasteiger partial charge is 0.287 e. The molecule has 5 heterocycles. The molecule has 3 aromatic carbocycles. The highest BCUT2D eigenvalue weighted by Crippen LogP contribution is 2.44. The number of nitrogens with zero attached hydrogens (tertiary/aromatic N) is 5. The van der Waals surface area contributed by atoms with Gasteiger partial charge in [-0.15, -0.1) is 11.3 Å². The summed E-state index contributed by atoms with van der Waals surface area (Å²) in [6.45, 7) is 2.80. The van der Waals surface area contributed by atoms with Crippen LogP contribution < -0.4 is 9.47 Å². The van der Waals surface area contributed by atoms with Crippen LogP contribution in [0.5, 0.6) is 11.5 Å². The highest BCUT2D eigenvalue weighted by molar-refractivity contribution is 7.90. The Balaban J connectivity index is 1.37. The zero-order valence-electron chi connectivity index (χ0n) is 26.4. The van der Waals surface area contributed by atoms with Crippen molar-refractivity contribution >= 4 is 69.8 Å². The van der Waals surface area contributed by atoms with E-state index in [-0.39, 0.29) is 16.8 Å². The van der Waals surface area contributed by atoms with Crippen LogP contribution in [0.2, 0.25) is 5.15 Å². The zero-order chi connectivity index (χ0) is 34.1. The molecule has 0 aliphatic carbocycles. The third-order valence-electron chi connectivity index (χ3n) is 8.84. The number of hydrogen-bond acceptors (Lipinski definition) is 9. The Hall–Kier alpha value is -4.34. The van der Waals surface area contributed by atoms with E-state index in [2.05, 4.69) is 9.88 Å². The summed E-state index contributed by atoms with van der Waals surface area (Å²) in [5.41, 5.74) is 3.34. The quantitative estimate of drug-likeness (QED) is 0.157. The Labute approximate surface area is 291 Å². The van der Waals surface area contributed by atoms with Crippen molar-refractivity contribution in [3.05, 3.63) is 101 Å². The molecule has 0 spiro atoms. The van der Waals surface area contributed by atoms with Crippen molar-refractivity contribution in [3.63, 3.8) is 0 Å². The van der Waals surface area contributed by atoms with Gasteiger partial charge in [0.2, 0.25) is 15.0 Å². The van der Waals surface area contributed by atoms with Crippen molar-refractivity contribution in [1.29, 1.82) is 0 Å². The van der Waals surface area contributed by atoms with Gasteiger partial charge in [0.25, 0.3) is 10.0 Å². The summed E-state index contributed by atoms with van der Waals surface area (Å²) in [6, 6.07) is 20.2. The van der Waals surface area contributed by atoms with Gasteiger partial charge < -0.3 is 9.47 Å². The van der Waals surface area contributed by atoms with E-state index in [0.29, 0.717) is 50.7 Å². The maximum Gasteiger partial charge on any atom is 0.287 e. The number of ether oxygens (including phenoxy) is 2. The Morgan fingerprint density at radius 3 is 2.43 bits per heavy atom. The second-order valence-corrected chi connectivity index (χ2v) is 16.7. The fourth-order valence-electron chi connectivity index (χ4n) is 6.48. The lowest BCUT2D eigenvalue weighted by Gasteiger charge is -2.31. The van der Waals surface area contributed by atoms with Crippen molar-refractivity contribution in [2.24, 2.45) is 0 Å².